The molecule has 2 aromatic carbocycles. The van der Waals surface area contributed by atoms with Gasteiger partial charge in [-0.3, -0.25) is 0 Å². The van der Waals surface area contributed by atoms with Crippen LogP contribution in [-0.4, -0.2) is 6.04 Å². The van der Waals surface area contributed by atoms with Crippen molar-refractivity contribution in [2.24, 2.45) is 0 Å². The number of nitrogens with one attached hydrogen (secondary N) is 1. The van der Waals surface area contributed by atoms with Crippen LogP contribution in [0, 0.1) is 0 Å². The maximum absolute atomic E-state index is 3.74. The second-order valence-corrected chi connectivity index (χ2v) is 7.69. The third-order valence-electron chi connectivity index (χ3n) is 4.31. The number of hydrogen-bond donors (Lipinski definition) is 1. The zero-order valence-corrected chi connectivity index (χ0v) is 15.2. The topological polar surface area (TPSA) is 12.0 Å². The molecule has 0 aliphatic heterocycles. The molecule has 1 saturated carbocycles. The van der Waals surface area contributed by atoms with Gasteiger partial charge in [-0.25, -0.2) is 0 Å². The van der Waals surface area contributed by atoms with Crippen molar-refractivity contribution in [2.45, 2.75) is 37.8 Å². The molecule has 3 heteroatoms. The van der Waals surface area contributed by atoms with Gasteiger partial charge in [-0.15, -0.1) is 0 Å². The van der Waals surface area contributed by atoms with Gasteiger partial charge in [0.2, 0.25) is 0 Å². The Morgan fingerprint density at radius 3 is 2.38 bits per heavy atom. The van der Waals surface area contributed by atoms with Gasteiger partial charge in [0, 0.05) is 21.0 Å². The summed E-state index contributed by atoms with van der Waals surface area (Å²) < 4.78 is 2.32. The fourth-order valence-electron chi connectivity index (χ4n) is 2.99. The van der Waals surface area contributed by atoms with Crippen LogP contribution in [0.2, 0.25) is 0 Å². The summed E-state index contributed by atoms with van der Waals surface area (Å²) in [6, 6.07) is 18.3. The second kappa shape index (κ2) is 6.64. The molecule has 1 aliphatic rings. The van der Waals surface area contributed by atoms with E-state index in [4.69, 9.17) is 0 Å². The van der Waals surface area contributed by atoms with E-state index in [1.54, 1.807) is 0 Å². The van der Waals surface area contributed by atoms with Crippen LogP contribution in [0.15, 0.2) is 57.5 Å². The maximum Gasteiger partial charge on any atom is 0.0294 e. The van der Waals surface area contributed by atoms with Gasteiger partial charge in [-0.05, 0) is 61.1 Å². The Hall–Kier alpha value is -0.640. The van der Waals surface area contributed by atoms with E-state index in [1.807, 2.05) is 0 Å². The fourth-order valence-corrected chi connectivity index (χ4v) is 3.67. The first kappa shape index (κ1) is 15.3. The highest BCUT2D eigenvalue weighted by Crippen LogP contribution is 2.38. The first-order valence-corrected chi connectivity index (χ1v) is 8.97. The summed E-state index contributed by atoms with van der Waals surface area (Å²) in [5.74, 6) is 0.706. The van der Waals surface area contributed by atoms with Crippen LogP contribution in [0.4, 0.5) is 0 Å². The lowest BCUT2D eigenvalue weighted by atomic mass is 9.75. The van der Waals surface area contributed by atoms with E-state index in [0.717, 1.165) is 4.47 Å². The summed E-state index contributed by atoms with van der Waals surface area (Å²) >= 11 is 7.04. The van der Waals surface area contributed by atoms with Crippen molar-refractivity contribution in [1.29, 1.82) is 0 Å². The lowest BCUT2D eigenvalue weighted by Gasteiger charge is -2.38. The molecule has 0 amide bonds. The molecule has 1 aliphatic carbocycles. The number of hydrogen-bond acceptors (Lipinski definition) is 1. The molecule has 0 radical (unpaired) electrons. The molecule has 21 heavy (non-hydrogen) atoms. The maximum atomic E-state index is 3.74. The van der Waals surface area contributed by atoms with Gasteiger partial charge in [0.15, 0.2) is 0 Å². The van der Waals surface area contributed by atoms with Crippen LogP contribution in [0.3, 0.4) is 0 Å². The van der Waals surface area contributed by atoms with Gasteiger partial charge in [-0.1, -0.05) is 56.1 Å². The minimum absolute atomic E-state index is 0.409. The normalized spacial score (nSPS) is 22.6. The molecular weight excluding hydrogens is 390 g/mol. The van der Waals surface area contributed by atoms with Crippen LogP contribution < -0.4 is 5.32 Å². The van der Waals surface area contributed by atoms with Gasteiger partial charge in [0.05, 0.1) is 0 Å². The van der Waals surface area contributed by atoms with Crippen LogP contribution in [0.5, 0.6) is 0 Å². The van der Waals surface area contributed by atoms with Crippen LogP contribution in [-0.2, 0) is 0 Å². The van der Waals surface area contributed by atoms with Crippen molar-refractivity contribution in [3.05, 3.63) is 68.6 Å². The molecule has 0 bridgehead atoms. The first-order chi connectivity index (χ1) is 10.1. The Balaban J connectivity index is 1.54. The average molecular weight is 409 g/mol. The van der Waals surface area contributed by atoms with Gasteiger partial charge in [-0.2, -0.15) is 0 Å². The minimum Gasteiger partial charge on any atom is -0.307 e. The molecule has 2 aromatic rings. The Kier molecular flexibility index (Phi) is 4.82. The van der Waals surface area contributed by atoms with E-state index < -0.39 is 0 Å². The lowest BCUT2D eigenvalue weighted by molar-refractivity contribution is 0.271. The first-order valence-electron chi connectivity index (χ1n) is 7.39. The molecule has 1 N–H and O–H groups in total. The van der Waals surface area contributed by atoms with E-state index in [1.165, 1.54) is 28.4 Å². The standard InChI is InChI=1S/C18H19Br2N/c1-12(13-5-7-16(19)8-6-13)21-18-10-15(11-18)14-3-2-4-17(20)9-14/h2-9,12,15,18,21H,10-11H2,1H3. The summed E-state index contributed by atoms with van der Waals surface area (Å²) in [5, 5.41) is 3.74. The van der Waals surface area contributed by atoms with E-state index in [-0.39, 0.29) is 0 Å². The summed E-state index contributed by atoms with van der Waals surface area (Å²) in [6.07, 6.45) is 2.47. The van der Waals surface area contributed by atoms with Crippen LogP contribution in [0.1, 0.15) is 42.9 Å². The Morgan fingerprint density at radius 2 is 1.71 bits per heavy atom. The highest BCUT2D eigenvalue weighted by atomic mass is 79.9. The Bertz CT molecular complexity index is 603. The van der Waals surface area contributed by atoms with Crippen molar-refractivity contribution in [1.82, 2.24) is 5.32 Å². The van der Waals surface area contributed by atoms with Crippen molar-refractivity contribution >= 4 is 31.9 Å². The summed E-state index contributed by atoms with van der Waals surface area (Å²) in [4.78, 5) is 0. The molecule has 1 unspecified atom stereocenters. The molecule has 110 valence electrons. The zero-order valence-electron chi connectivity index (χ0n) is 12.0. The van der Waals surface area contributed by atoms with E-state index >= 15 is 0 Å². The van der Waals surface area contributed by atoms with E-state index in [9.17, 15) is 0 Å². The molecule has 0 aromatic heterocycles. The lowest BCUT2D eigenvalue weighted by Crippen LogP contribution is -2.41. The average Bonchev–Trinajstić information content (AvgIpc) is 2.43. The largest absolute Gasteiger partial charge is 0.307 e. The molecule has 1 nitrogen and oxygen atoms in total. The molecule has 0 spiro atoms. The number of benzene rings is 2. The number of halogens is 2. The highest BCUT2D eigenvalue weighted by Gasteiger charge is 2.31. The molecular formula is C18H19Br2N. The Labute approximate surface area is 143 Å². The summed E-state index contributed by atoms with van der Waals surface area (Å²) in [5.41, 5.74) is 2.81. The van der Waals surface area contributed by atoms with Gasteiger partial charge in [0.25, 0.3) is 0 Å². The molecule has 3 rings (SSSR count). The van der Waals surface area contributed by atoms with E-state index in [0.29, 0.717) is 18.0 Å². The van der Waals surface area contributed by atoms with Crippen molar-refractivity contribution in [2.75, 3.05) is 0 Å². The minimum atomic E-state index is 0.409. The third kappa shape index (κ3) is 3.77. The molecule has 0 heterocycles. The smallest absolute Gasteiger partial charge is 0.0294 e. The van der Waals surface area contributed by atoms with Gasteiger partial charge >= 0.3 is 0 Å². The highest BCUT2D eigenvalue weighted by molar-refractivity contribution is 9.10. The quantitative estimate of drug-likeness (QED) is 0.673. The van der Waals surface area contributed by atoms with Crippen LogP contribution in [0.25, 0.3) is 0 Å². The predicted molar refractivity (Wildman–Crippen MR) is 95.6 cm³/mol. The SMILES string of the molecule is CC(NC1CC(c2cccc(Br)c2)C1)c1ccc(Br)cc1. The summed E-state index contributed by atoms with van der Waals surface area (Å²) in [6.45, 7) is 2.25. The monoisotopic (exact) mass is 407 g/mol. The van der Waals surface area contributed by atoms with Crippen molar-refractivity contribution in [3.63, 3.8) is 0 Å². The molecule has 1 atom stereocenters. The van der Waals surface area contributed by atoms with Crippen molar-refractivity contribution in [3.8, 4) is 0 Å². The Morgan fingerprint density at radius 1 is 1.00 bits per heavy atom. The third-order valence-corrected chi connectivity index (χ3v) is 5.34. The van der Waals surface area contributed by atoms with E-state index in [2.05, 4.69) is 92.6 Å². The molecule has 1 fully saturated rings. The zero-order chi connectivity index (χ0) is 14.8. The predicted octanol–water partition coefficient (Wildman–Crippen LogP) is 5.81. The fraction of sp³-hybridized carbons (Fsp3) is 0.333. The van der Waals surface area contributed by atoms with Gasteiger partial charge < -0.3 is 5.32 Å². The van der Waals surface area contributed by atoms with Crippen molar-refractivity contribution < 1.29 is 0 Å². The van der Waals surface area contributed by atoms with Gasteiger partial charge in [0.1, 0.15) is 0 Å². The molecule has 0 saturated heterocycles. The second-order valence-electron chi connectivity index (χ2n) is 5.86. The summed E-state index contributed by atoms with van der Waals surface area (Å²) in [7, 11) is 0. The number of rotatable bonds is 4. The van der Waals surface area contributed by atoms with Crippen LogP contribution >= 0.6 is 31.9 Å².